The van der Waals surface area contributed by atoms with Crippen LogP contribution in [0.25, 0.3) is 27.9 Å². The van der Waals surface area contributed by atoms with Gasteiger partial charge >= 0.3 is 5.97 Å². The van der Waals surface area contributed by atoms with Crippen LogP contribution in [0.1, 0.15) is 45.1 Å². The number of carboxylic acids is 1. The van der Waals surface area contributed by atoms with Gasteiger partial charge in [-0.15, -0.1) is 0 Å². The Morgan fingerprint density at radius 1 is 1.24 bits per heavy atom. The van der Waals surface area contributed by atoms with E-state index in [1.807, 2.05) is 13.8 Å². The zero-order valence-electron chi connectivity index (χ0n) is 20.6. The molecule has 37 heavy (non-hydrogen) atoms. The number of halogens is 3. The number of nitrogens with one attached hydrogen (secondary N) is 1. The molecule has 1 unspecified atom stereocenters. The van der Waals surface area contributed by atoms with Crippen molar-refractivity contribution in [1.29, 1.82) is 0 Å². The smallest absolute Gasteiger partial charge is 0.306 e. The molecule has 3 heterocycles. The van der Waals surface area contributed by atoms with E-state index >= 15 is 8.78 Å². The Balaban J connectivity index is 0.00000156. The van der Waals surface area contributed by atoms with E-state index in [1.165, 1.54) is 18.2 Å². The second-order valence-electron chi connectivity index (χ2n) is 8.85. The minimum absolute atomic E-state index is 0.0284. The van der Waals surface area contributed by atoms with Gasteiger partial charge in [-0.25, -0.2) is 13.8 Å². The molecule has 1 aromatic carbocycles. The third-order valence-electron chi connectivity index (χ3n) is 6.48. The van der Waals surface area contributed by atoms with E-state index in [1.54, 1.807) is 12.1 Å². The number of hydrogen-bond donors (Lipinski definition) is 3. The largest absolute Gasteiger partial charge is 0.481 e. The van der Waals surface area contributed by atoms with Gasteiger partial charge in [0.15, 0.2) is 5.88 Å². The number of aliphatic hydroxyl groups is 1. The van der Waals surface area contributed by atoms with Crippen LogP contribution in [0.2, 0.25) is 5.02 Å². The Labute approximate surface area is 218 Å². The lowest BCUT2D eigenvalue weighted by atomic mass is 9.86. The Morgan fingerprint density at radius 2 is 1.97 bits per heavy atom. The van der Waals surface area contributed by atoms with Gasteiger partial charge in [0.2, 0.25) is 0 Å². The van der Waals surface area contributed by atoms with E-state index < -0.39 is 23.5 Å². The number of pyridine rings is 1. The van der Waals surface area contributed by atoms with Gasteiger partial charge in [0.25, 0.3) is 0 Å². The Morgan fingerprint density at radius 3 is 2.57 bits per heavy atom. The summed E-state index contributed by atoms with van der Waals surface area (Å²) in [6.07, 6.45) is 2.94. The van der Waals surface area contributed by atoms with E-state index in [0.29, 0.717) is 60.3 Å². The molecule has 1 aliphatic heterocycles. The zero-order valence-corrected chi connectivity index (χ0v) is 21.3. The summed E-state index contributed by atoms with van der Waals surface area (Å²) in [5.74, 6) is -2.54. The molecule has 0 spiro atoms. The quantitative estimate of drug-likeness (QED) is 0.359. The van der Waals surface area contributed by atoms with Crippen LogP contribution in [0.4, 0.5) is 8.78 Å². The molecule has 1 aliphatic carbocycles. The number of allylic oxidation sites excluding steroid dienone is 2. The molecule has 0 radical (unpaired) electrons. The van der Waals surface area contributed by atoms with Crippen molar-refractivity contribution in [3.05, 3.63) is 52.6 Å². The van der Waals surface area contributed by atoms with Crippen molar-refractivity contribution in [2.24, 2.45) is 5.92 Å². The lowest BCUT2D eigenvalue weighted by molar-refractivity contribution is -0.141. The molecule has 7 nitrogen and oxygen atoms in total. The highest BCUT2D eigenvalue weighted by molar-refractivity contribution is 6.33. The summed E-state index contributed by atoms with van der Waals surface area (Å²) in [5.41, 5.74) is 1.70. The number of aromatic amines is 1. The standard InChI is InChI=1S/C25H23ClF2N2O5.C2H6/c26-17-8-20-21(9-22(29-20)35-16-7-15(10-31)34-11-16)30-24(17)23-18(27)5-14(6-19(23)28)12-1-3-13(4-2-12)25(32)33;1-2/h1,5-6,8-9,13,15-16,29,31H,2-4,7,10-11H2,(H,32,33);1-2H3/t13?,15-,16-;/m0./s1. The fourth-order valence-electron chi connectivity index (χ4n) is 4.61. The first kappa shape index (κ1) is 27.0. The van der Waals surface area contributed by atoms with Gasteiger partial charge in [0.1, 0.15) is 17.7 Å². The molecule has 198 valence electrons. The third-order valence-corrected chi connectivity index (χ3v) is 6.77. The first-order chi connectivity index (χ1) is 17.8. The molecule has 1 saturated heterocycles. The van der Waals surface area contributed by atoms with Crippen LogP contribution in [0.5, 0.6) is 5.88 Å². The number of aliphatic carboxylic acids is 1. The molecule has 2 aromatic heterocycles. The molecular weight excluding hydrogens is 506 g/mol. The van der Waals surface area contributed by atoms with Crippen molar-refractivity contribution in [1.82, 2.24) is 9.97 Å². The highest BCUT2D eigenvalue weighted by Crippen LogP contribution is 2.37. The normalized spacial score (nSPS) is 21.4. The number of H-pyrrole nitrogens is 1. The summed E-state index contributed by atoms with van der Waals surface area (Å²) in [5, 5.41) is 18.4. The van der Waals surface area contributed by atoms with Crippen molar-refractivity contribution in [2.45, 2.75) is 51.7 Å². The van der Waals surface area contributed by atoms with Gasteiger partial charge < -0.3 is 24.7 Å². The molecule has 0 saturated carbocycles. The maximum atomic E-state index is 15.2. The topological polar surface area (TPSA) is 105 Å². The number of aromatic nitrogens is 2. The van der Waals surface area contributed by atoms with Crippen molar-refractivity contribution in [2.75, 3.05) is 13.2 Å². The molecular formula is C27H29ClF2N2O5. The Hall–Kier alpha value is -3.01. The van der Waals surface area contributed by atoms with Crippen molar-refractivity contribution in [3.8, 4) is 17.1 Å². The summed E-state index contributed by atoms with van der Waals surface area (Å²) >= 11 is 6.36. The summed E-state index contributed by atoms with van der Waals surface area (Å²) in [6, 6.07) is 5.63. The van der Waals surface area contributed by atoms with Gasteiger partial charge in [-0.1, -0.05) is 31.5 Å². The first-order valence-corrected chi connectivity index (χ1v) is 12.7. The van der Waals surface area contributed by atoms with E-state index in [4.69, 9.17) is 26.2 Å². The second kappa shape index (κ2) is 11.6. The summed E-state index contributed by atoms with van der Waals surface area (Å²) < 4.78 is 41.6. The number of fused-ring (bicyclic) bond motifs is 1. The van der Waals surface area contributed by atoms with Crippen LogP contribution >= 0.6 is 11.6 Å². The molecule has 0 amide bonds. The number of hydrogen-bond acceptors (Lipinski definition) is 5. The van der Waals surface area contributed by atoms with Crippen molar-refractivity contribution in [3.63, 3.8) is 0 Å². The molecule has 2 aliphatic rings. The average molecular weight is 535 g/mol. The summed E-state index contributed by atoms with van der Waals surface area (Å²) in [4.78, 5) is 18.6. The monoisotopic (exact) mass is 534 g/mol. The highest BCUT2D eigenvalue weighted by atomic mass is 35.5. The molecule has 3 aromatic rings. The molecule has 5 rings (SSSR count). The number of rotatable bonds is 6. The fourth-order valence-corrected chi connectivity index (χ4v) is 4.86. The van der Waals surface area contributed by atoms with Gasteiger partial charge in [0.05, 0.1) is 52.5 Å². The van der Waals surface area contributed by atoms with Crippen LogP contribution in [0, 0.1) is 17.6 Å². The molecule has 3 N–H and O–H groups in total. The zero-order chi connectivity index (χ0) is 26.7. The maximum Gasteiger partial charge on any atom is 0.306 e. The number of benzene rings is 1. The highest BCUT2D eigenvalue weighted by Gasteiger charge is 2.27. The molecule has 10 heteroatoms. The predicted octanol–water partition coefficient (Wildman–Crippen LogP) is 5.98. The minimum atomic E-state index is -0.867. The average Bonchev–Trinajstić information content (AvgIpc) is 3.51. The molecule has 3 atom stereocenters. The van der Waals surface area contributed by atoms with Gasteiger partial charge in [0, 0.05) is 12.5 Å². The van der Waals surface area contributed by atoms with E-state index in [2.05, 4.69) is 9.97 Å². The summed E-state index contributed by atoms with van der Waals surface area (Å²) in [6.45, 7) is 4.26. The number of aliphatic hydroxyl groups excluding tert-OH is 1. The van der Waals surface area contributed by atoms with Crippen LogP contribution in [0.3, 0.4) is 0 Å². The fraction of sp³-hybridized carbons (Fsp3) is 0.407. The lowest BCUT2D eigenvalue weighted by Crippen LogP contribution is -2.17. The first-order valence-electron chi connectivity index (χ1n) is 12.3. The lowest BCUT2D eigenvalue weighted by Gasteiger charge is -2.19. The number of carbonyl (C=O) groups is 1. The maximum absolute atomic E-state index is 15.2. The number of nitrogens with zero attached hydrogens (tertiary/aromatic N) is 1. The minimum Gasteiger partial charge on any atom is -0.481 e. The molecule has 0 bridgehead atoms. The van der Waals surface area contributed by atoms with E-state index in [-0.39, 0.29) is 35.1 Å². The van der Waals surface area contributed by atoms with E-state index in [9.17, 15) is 9.90 Å². The Kier molecular flexibility index (Phi) is 8.46. The predicted molar refractivity (Wildman–Crippen MR) is 137 cm³/mol. The van der Waals surface area contributed by atoms with Crippen LogP contribution in [-0.2, 0) is 9.53 Å². The van der Waals surface area contributed by atoms with Crippen LogP contribution in [0.15, 0.2) is 30.3 Å². The van der Waals surface area contributed by atoms with Gasteiger partial charge in [-0.3, -0.25) is 4.79 Å². The number of carboxylic acid groups (broad SMARTS) is 1. The second-order valence-corrected chi connectivity index (χ2v) is 9.26. The van der Waals surface area contributed by atoms with Gasteiger partial charge in [-0.05, 0) is 48.6 Å². The SMILES string of the molecule is CC.O=C(O)C1CC=C(c2cc(F)c(-c3nc4cc(O[C@@H]5CO[C@H](CO)C5)[nH]c4cc3Cl)c(F)c2)CC1. The number of ether oxygens (including phenoxy) is 2. The van der Waals surface area contributed by atoms with E-state index in [0.717, 1.165) is 0 Å². The van der Waals surface area contributed by atoms with Crippen molar-refractivity contribution >= 4 is 34.2 Å². The Bertz CT molecular complexity index is 1300. The van der Waals surface area contributed by atoms with Gasteiger partial charge in [-0.2, -0.15) is 0 Å². The van der Waals surface area contributed by atoms with Crippen LogP contribution in [-0.4, -0.2) is 51.6 Å². The van der Waals surface area contributed by atoms with Crippen LogP contribution < -0.4 is 4.74 Å². The third kappa shape index (κ3) is 5.79. The molecule has 1 fully saturated rings. The van der Waals surface area contributed by atoms with Crippen molar-refractivity contribution < 1.29 is 33.3 Å². The summed E-state index contributed by atoms with van der Waals surface area (Å²) in [7, 11) is 0.